The van der Waals surface area contributed by atoms with Crippen LogP contribution in [0.3, 0.4) is 0 Å². The molecule has 3 aromatic heterocycles. The van der Waals surface area contributed by atoms with Gasteiger partial charge in [-0.2, -0.15) is 0 Å². The predicted octanol–water partition coefficient (Wildman–Crippen LogP) is 9.01. The van der Waals surface area contributed by atoms with Gasteiger partial charge in [-0.05, 0) is 35.7 Å². The highest BCUT2D eigenvalue weighted by Gasteiger charge is 2.16. The highest BCUT2D eigenvalue weighted by atomic mass is 32.1. The van der Waals surface area contributed by atoms with Crippen LogP contribution in [-0.4, -0.2) is 9.91 Å². The van der Waals surface area contributed by atoms with Crippen LogP contribution in [0.25, 0.3) is 51.7 Å². The van der Waals surface area contributed by atoms with Crippen molar-refractivity contribution in [2.45, 2.75) is 0 Å². The maximum absolute atomic E-state index is 11.0. The molecule has 0 aliphatic carbocycles. The quantitative estimate of drug-likeness (QED) is 0.199. The molecule has 0 saturated heterocycles. The van der Waals surface area contributed by atoms with E-state index in [9.17, 15) is 10.1 Å². The highest BCUT2D eigenvalue weighted by Crippen LogP contribution is 2.39. The Morgan fingerprint density at radius 1 is 0.706 bits per heavy atom. The molecule has 6 heteroatoms. The van der Waals surface area contributed by atoms with Gasteiger partial charge in [0, 0.05) is 36.6 Å². The van der Waals surface area contributed by atoms with E-state index in [1.807, 2.05) is 47.7 Å². The van der Waals surface area contributed by atoms with E-state index in [-0.39, 0.29) is 10.6 Å². The van der Waals surface area contributed by atoms with Gasteiger partial charge in [-0.25, -0.2) is 0 Å². The maximum atomic E-state index is 11.0. The second-order valence-corrected chi connectivity index (χ2v) is 10.0. The van der Waals surface area contributed by atoms with Crippen LogP contribution < -0.4 is 0 Å². The van der Waals surface area contributed by atoms with Crippen molar-refractivity contribution in [1.29, 1.82) is 0 Å². The summed E-state index contributed by atoms with van der Waals surface area (Å²) in [6.45, 7) is 0. The van der Waals surface area contributed by atoms with E-state index < -0.39 is 0 Å². The van der Waals surface area contributed by atoms with E-state index in [0.29, 0.717) is 5.56 Å². The summed E-state index contributed by atoms with van der Waals surface area (Å²) in [5, 5.41) is 14.8. The van der Waals surface area contributed by atoms with Crippen molar-refractivity contribution < 1.29 is 4.92 Å². The molecule has 164 valence electrons. The fourth-order valence-electron chi connectivity index (χ4n) is 4.24. The highest BCUT2D eigenvalue weighted by molar-refractivity contribution is 7.26. The molecule has 0 unspecified atom stereocenters. The number of H-pyrrole nitrogens is 1. The first-order valence-corrected chi connectivity index (χ1v) is 12.4. The number of nitrogens with zero attached hydrogens (tertiary/aromatic N) is 1. The molecule has 0 spiro atoms. The van der Waals surface area contributed by atoms with E-state index >= 15 is 0 Å². The zero-order chi connectivity index (χ0) is 23.1. The fraction of sp³-hybridized carbons (Fsp3) is 0. The number of aromatic nitrogens is 1. The third-order valence-electron chi connectivity index (χ3n) is 5.82. The summed E-state index contributed by atoms with van der Waals surface area (Å²) >= 11 is 3.44. The van der Waals surface area contributed by atoms with Crippen LogP contribution in [0, 0.1) is 10.1 Å². The van der Waals surface area contributed by atoms with Crippen molar-refractivity contribution in [1.82, 2.24) is 4.98 Å². The summed E-state index contributed by atoms with van der Waals surface area (Å²) in [4.78, 5) is 15.1. The molecule has 4 aromatic carbocycles. The maximum Gasteiger partial charge on any atom is 0.278 e. The minimum absolute atomic E-state index is 0.157. The number of hydrogen-bond donors (Lipinski definition) is 1. The summed E-state index contributed by atoms with van der Waals surface area (Å²) in [7, 11) is 0. The minimum atomic E-state index is -0.334. The largest absolute Gasteiger partial charge is 0.353 e. The molecule has 3 heterocycles. The summed E-state index contributed by atoms with van der Waals surface area (Å²) in [6.07, 6.45) is 0. The molecule has 7 rings (SSSR count). The Morgan fingerprint density at radius 3 is 2.21 bits per heavy atom. The van der Waals surface area contributed by atoms with Crippen LogP contribution >= 0.6 is 22.7 Å². The van der Waals surface area contributed by atoms with E-state index in [1.165, 1.54) is 31.2 Å². The Morgan fingerprint density at radius 2 is 1.38 bits per heavy atom. The third-order valence-corrected chi connectivity index (χ3v) is 8.17. The van der Waals surface area contributed by atoms with Crippen molar-refractivity contribution in [2.24, 2.45) is 0 Å². The number of thiophene rings is 2. The van der Waals surface area contributed by atoms with Crippen LogP contribution in [0.5, 0.6) is 0 Å². The minimum Gasteiger partial charge on any atom is -0.353 e. The van der Waals surface area contributed by atoms with Crippen molar-refractivity contribution in [3.63, 3.8) is 0 Å². The summed E-state index contributed by atoms with van der Waals surface area (Å²) in [6, 6.07) is 33.9. The lowest BCUT2D eigenvalue weighted by atomic mass is 10.1. The first-order valence-electron chi connectivity index (χ1n) is 10.8. The first kappa shape index (κ1) is 20.6. The Bertz CT molecular complexity index is 1710. The van der Waals surface area contributed by atoms with Gasteiger partial charge in [-0.15, -0.1) is 22.7 Å². The number of rotatable bonds is 2. The van der Waals surface area contributed by atoms with Crippen LogP contribution in [0.1, 0.15) is 0 Å². The normalized spacial score (nSPS) is 11.2. The lowest BCUT2D eigenvalue weighted by Gasteiger charge is -1.98. The topological polar surface area (TPSA) is 58.9 Å². The van der Waals surface area contributed by atoms with Gasteiger partial charge in [0.05, 0.1) is 20.7 Å². The number of nitrogens with one attached hydrogen (secondary N) is 1. The Hall–Kier alpha value is -4.00. The molecule has 0 saturated carbocycles. The first-order chi connectivity index (χ1) is 16.7. The number of fused-ring (bicyclic) bond motifs is 6. The Labute approximate surface area is 202 Å². The van der Waals surface area contributed by atoms with Crippen LogP contribution in [0.15, 0.2) is 103 Å². The molecule has 0 fully saturated rings. The smallest absolute Gasteiger partial charge is 0.278 e. The van der Waals surface area contributed by atoms with Gasteiger partial charge in [0.15, 0.2) is 0 Å². The van der Waals surface area contributed by atoms with Crippen LogP contribution in [-0.2, 0) is 0 Å². The molecular weight excluding hydrogens is 460 g/mol. The van der Waals surface area contributed by atoms with Gasteiger partial charge < -0.3 is 4.98 Å². The summed E-state index contributed by atoms with van der Waals surface area (Å²) in [5.74, 6) is 0. The molecule has 4 nitrogen and oxygen atoms in total. The zero-order valence-electron chi connectivity index (χ0n) is 17.9. The van der Waals surface area contributed by atoms with Crippen molar-refractivity contribution in [3.05, 3.63) is 113 Å². The van der Waals surface area contributed by atoms with Gasteiger partial charge in [0.1, 0.15) is 0 Å². The molecule has 0 atom stereocenters. The van der Waals surface area contributed by atoms with E-state index in [2.05, 4.69) is 53.5 Å². The Balaban J connectivity index is 0.000000128. The monoisotopic (exact) mass is 478 g/mol. The summed E-state index contributed by atoms with van der Waals surface area (Å²) in [5.41, 5.74) is 3.35. The average Bonchev–Trinajstić information content (AvgIpc) is 3.56. The van der Waals surface area contributed by atoms with E-state index in [0.717, 1.165) is 15.0 Å². The third kappa shape index (κ3) is 3.53. The van der Waals surface area contributed by atoms with Crippen molar-refractivity contribution in [2.75, 3.05) is 0 Å². The van der Waals surface area contributed by atoms with Gasteiger partial charge in [0.2, 0.25) is 0 Å². The fourth-order valence-corrected chi connectivity index (χ4v) is 6.53. The van der Waals surface area contributed by atoms with Gasteiger partial charge >= 0.3 is 0 Å². The number of benzene rings is 4. The van der Waals surface area contributed by atoms with Crippen molar-refractivity contribution >= 4 is 69.7 Å². The van der Waals surface area contributed by atoms with Crippen molar-refractivity contribution in [3.8, 4) is 10.4 Å². The molecule has 0 radical (unpaired) electrons. The number of hydrogen-bond acceptors (Lipinski definition) is 4. The second-order valence-electron chi connectivity index (χ2n) is 7.90. The number of aromatic amines is 1. The molecule has 0 aliphatic heterocycles. The van der Waals surface area contributed by atoms with Gasteiger partial charge in [0.25, 0.3) is 5.69 Å². The number of nitro groups is 1. The second kappa shape index (κ2) is 8.41. The standard InChI is InChI=1S/C14H9NO2S.C14H9NS/c16-15(17)12-7-3-2-6-11(12)14-9-10-5-1-4-8-13(10)18-14;1-3-7-11-9(5-1)14-13(15-11)10-6-2-4-8-12(10)16-14/h1-9H;1-8,15H. The molecule has 0 amide bonds. The molecular formula is C28H18N2O2S2. The molecule has 0 bridgehead atoms. The molecule has 34 heavy (non-hydrogen) atoms. The number of nitro benzene ring substituents is 1. The molecule has 7 aromatic rings. The lowest BCUT2D eigenvalue weighted by molar-refractivity contribution is -0.384. The average molecular weight is 479 g/mol. The zero-order valence-corrected chi connectivity index (χ0v) is 19.5. The van der Waals surface area contributed by atoms with E-state index in [4.69, 9.17) is 0 Å². The van der Waals surface area contributed by atoms with E-state index in [1.54, 1.807) is 29.5 Å². The SMILES string of the molecule is O=[N+]([O-])c1ccccc1-c1cc2ccccc2s1.c1ccc2c(c1)[nH]c1c3ccccc3sc21. The van der Waals surface area contributed by atoms with Gasteiger partial charge in [-0.1, -0.05) is 66.7 Å². The lowest BCUT2D eigenvalue weighted by Crippen LogP contribution is -1.89. The van der Waals surface area contributed by atoms with Gasteiger partial charge in [-0.3, -0.25) is 10.1 Å². The van der Waals surface area contributed by atoms with Crippen LogP contribution in [0.4, 0.5) is 5.69 Å². The van der Waals surface area contributed by atoms with Crippen LogP contribution in [0.2, 0.25) is 0 Å². The predicted molar refractivity (Wildman–Crippen MR) is 145 cm³/mol. The number of para-hydroxylation sites is 2. The summed E-state index contributed by atoms with van der Waals surface area (Å²) < 4.78 is 3.87. The molecule has 1 N–H and O–H groups in total. The Kier molecular flexibility index (Phi) is 5.09. The molecule has 0 aliphatic rings.